The molecular weight excluding hydrogens is 491 g/mol. The van der Waals surface area contributed by atoms with Crippen molar-refractivity contribution in [3.05, 3.63) is 81.8 Å². The van der Waals surface area contributed by atoms with Crippen LogP contribution >= 0.6 is 35.0 Å². The van der Waals surface area contributed by atoms with Crippen molar-refractivity contribution in [1.82, 2.24) is 14.8 Å². The van der Waals surface area contributed by atoms with Crippen LogP contribution in [-0.4, -0.2) is 33.5 Å². The maximum Gasteiger partial charge on any atom is 0.234 e. The van der Waals surface area contributed by atoms with Crippen LogP contribution in [0.3, 0.4) is 0 Å². The maximum absolute atomic E-state index is 12.7. The van der Waals surface area contributed by atoms with Crippen molar-refractivity contribution in [2.45, 2.75) is 19.0 Å². The number of methoxy groups -OCH3 is 1. The van der Waals surface area contributed by atoms with E-state index in [9.17, 15) is 4.79 Å². The van der Waals surface area contributed by atoms with Crippen LogP contribution in [0.2, 0.25) is 10.0 Å². The van der Waals surface area contributed by atoms with Crippen LogP contribution in [0.5, 0.6) is 5.75 Å². The van der Waals surface area contributed by atoms with Gasteiger partial charge in [-0.25, -0.2) is 0 Å². The largest absolute Gasteiger partial charge is 0.495 e. The van der Waals surface area contributed by atoms with Gasteiger partial charge in [-0.15, -0.1) is 10.2 Å². The number of carbonyl (C=O) groups is 1. The van der Waals surface area contributed by atoms with E-state index in [1.807, 2.05) is 60.9 Å². The van der Waals surface area contributed by atoms with E-state index in [1.165, 1.54) is 11.8 Å². The number of carbonyl (C=O) groups excluding carboxylic acids is 1. The molecule has 1 N–H and O–H groups in total. The lowest BCUT2D eigenvalue weighted by molar-refractivity contribution is -0.113. The zero-order valence-electron chi connectivity index (χ0n) is 18.8. The lowest BCUT2D eigenvalue weighted by Crippen LogP contribution is -2.15. The molecular formula is C25H22Cl2N4O2S. The molecule has 0 fully saturated rings. The highest BCUT2D eigenvalue weighted by Gasteiger charge is 2.21. The third-order valence-corrected chi connectivity index (χ3v) is 6.82. The molecule has 6 nitrogen and oxygen atoms in total. The second kappa shape index (κ2) is 10.5. The number of nitrogens with one attached hydrogen (secondary N) is 1. The molecule has 3 aromatic carbocycles. The Morgan fingerprint density at radius 2 is 1.85 bits per heavy atom. The summed E-state index contributed by atoms with van der Waals surface area (Å²) in [4.78, 5) is 12.7. The Labute approximate surface area is 212 Å². The van der Waals surface area contributed by atoms with E-state index in [-0.39, 0.29) is 11.7 Å². The first-order chi connectivity index (χ1) is 16.4. The van der Waals surface area contributed by atoms with E-state index in [1.54, 1.807) is 25.3 Å². The molecule has 1 heterocycles. The Bertz CT molecular complexity index is 1360. The van der Waals surface area contributed by atoms with Crippen molar-refractivity contribution in [3.63, 3.8) is 0 Å². The van der Waals surface area contributed by atoms with Crippen molar-refractivity contribution in [1.29, 1.82) is 0 Å². The number of aryl methyl sites for hydroxylation is 1. The van der Waals surface area contributed by atoms with Gasteiger partial charge in [0.05, 0.1) is 23.6 Å². The Balaban J connectivity index is 1.68. The van der Waals surface area contributed by atoms with Crippen molar-refractivity contribution < 1.29 is 9.53 Å². The number of nitrogens with zero attached hydrogens (tertiary/aromatic N) is 3. The molecule has 0 saturated heterocycles. The minimum Gasteiger partial charge on any atom is -0.495 e. The molecule has 0 aliphatic heterocycles. The van der Waals surface area contributed by atoms with Gasteiger partial charge in [-0.1, -0.05) is 59.2 Å². The van der Waals surface area contributed by atoms with Crippen molar-refractivity contribution in [3.8, 4) is 22.8 Å². The van der Waals surface area contributed by atoms with Crippen LogP contribution in [0.1, 0.15) is 11.1 Å². The molecule has 4 rings (SSSR count). The van der Waals surface area contributed by atoms with E-state index < -0.39 is 0 Å². The smallest absolute Gasteiger partial charge is 0.234 e. The molecule has 0 spiro atoms. The molecule has 0 radical (unpaired) electrons. The van der Waals surface area contributed by atoms with Crippen molar-refractivity contribution in [2.75, 3.05) is 18.2 Å². The van der Waals surface area contributed by atoms with Gasteiger partial charge in [0.2, 0.25) is 5.91 Å². The zero-order chi connectivity index (χ0) is 24.2. The number of para-hydroxylation sites is 2. The van der Waals surface area contributed by atoms with Gasteiger partial charge in [0.15, 0.2) is 11.0 Å². The van der Waals surface area contributed by atoms with Gasteiger partial charge in [0.1, 0.15) is 5.75 Å². The molecule has 0 aliphatic carbocycles. The molecule has 0 saturated carbocycles. The number of thioether (sulfide) groups is 1. The SMILES string of the molecule is COc1ccccc1-n1c(SCC(=O)Nc2cccc(C)c2C)nnc1-c1ccc(Cl)cc1Cl. The summed E-state index contributed by atoms with van der Waals surface area (Å²) in [7, 11) is 1.60. The fraction of sp³-hybridized carbons (Fsp3) is 0.160. The highest BCUT2D eigenvalue weighted by Crippen LogP contribution is 2.36. The summed E-state index contributed by atoms with van der Waals surface area (Å²) in [6.45, 7) is 4.00. The van der Waals surface area contributed by atoms with E-state index in [4.69, 9.17) is 27.9 Å². The standard InChI is InChI=1S/C25H22Cl2N4O2S/c1-15-7-6-8-20(16(15)2)28-23(32)14-34-25-30-29-24(18-12-11-17(26)13-19(18)27)31(25)21-9-4-5-10-22(21)33-3/h4-13H,14H2,1-3H3,(H,28,32). The molecule has 0 aliphatic rings. The number of hydrogen-bond donors (Lipinski definition) is 1. The highest BCUT2D eigenvalue weighted by atomic mass is 35.5. The molecule has 4 aromatic rings. The van der Waals surface area contributed by atoms with E-state index in [2.05, 4.69) is 15.5 Å². The second-order valence-corrected chi connectivity index (χ2v) is 9.31. The normalized spacial score (nSPS) is 10.9. The third-order valence-electron chi connectivity index (χ3n) is 5.34. The molecule has 0 bridgehead atoms. The maximum atomic E-state index is 12.7. The molecule has 0 unspecified atom stereocenters. The summed E-state index contributed by atoms with van der Waals surface area (Å²) in [5.41, 5.74) is 4.35. The predicted octanol–water partition coefficient (Wildman–Crippen LogP) is 6.60. The Morgan fingerprint density at radius 3 is 2.62 bits per heavy atom. The number of anilines is 1. The van der Waals surface area contributed by atoms with E-state index in [0.717, 1.165) is 22.5 Å². The Kier molecular flexibility index (Phi) is 7.46. The summed E-state index contributed by atoms with van der Waals surface area (Å²) in [6, 6.07) is 18.5. The fourth-order valence-electron chi connectivity index (χ4n) is 3.44. The van der Waals surface area contributed by atoms with Gasteiger partial charge in [0.25, 0.3) is 0 Å². The van der Waals surface area contributed by atoms with Crippen LogP contribution < -0.4 is 10.1 Å². The third kappa shape index (κ3) is 5.06. The van der Waals surface area contributed by atoms with Crippen LogP contribution in [0.15, 0.2) is 65.8 Å². The average Bonchev–Trinajstić information content (AvgIpc) is 3.24. The molecule has 1 aromatic heterocycles. The number of hydrogen-bond acceptors (Lipinski definition) is 5. The predicted molar refractivity (Wildman–Crippen MR) is 139 cm³/mol. The number of aromatic nitrogens is 3. The number of ether oxygens (including phenoxy) is 1. The van der Waals surface area contributed by atoms with Crippen LogP contribution in [0.4, 0.5) is 5.69 Å². The number of rotatable bonds is 7. The number of amides is 1. The van der Waals surface area contributed by atoms with Gasteiger partial charge in [0, 0.05) is 16.3 Å². The summed E-state index contributed by atoms with van der Waals surface area (Å²) >= 11 is 13.8. The zero-order valence-corrected chi connectivity index (χ0v) is 21.1. The molecule has 1 amide bonds. The summed E-state index contributed by atoms with van der Waals surface area (Å²) in [6.07, 6.45) is 0. The van der Waals surface area contributed by atoms with Gasteiger partial charge in [-0.2, -0.15) is 0 Å². The molecule has 9 heteroatoms. The summed E-state index contributed by atoms with van der Waals surface area (Å²) < 4.78 is 7.41. The van der Waals surface area contributed by atoms with Crippen molar-refractivity contribution >= 4 is 46.6 Å². The van der Waals surface area contributed by atoms with Crippen LogP contribution in [0, 0.1) is 13.8 Å². The first-order valence-electron chi connectivity index (χ1n) is 10.4. The lowest BCUT2D eigenvalue weighted by Gasteiger charge is -2.14. The van der Waals surface area contributed by atoms with Gasteiger partial charge >= 0.3 is 0 Å². The van der Waals surface area contributed by atoms with Crippen LogP contribution in [0.25, 0.3) is 17.1 Å². The minimum atomic E-state index is -0.139. The Hall–Kier alpha value is -3.00. The van der Waals surface area contributed by atoms with Gasteiger partial charge in [-0.3, -0.25) is 9.36 Å². The quantitative estimate of drug-likeness (QED) is 0.282. The molecule has 0 atom stereocenters. The summed E-state index contributed by atoms with van der Waals surface area (Å²) in [5.74, 6) is 1.16. The van der Waals surface area contributed by atoms with Gasteiger partial charge < -0.3 is 10.1 Å². The monoisotopic (exact) mass is 512 g/mol. The van der Waals surface area contributed by atoms with Crippen molar-refractivity contribution in [2.24, 2.45) is 0 Å². The average molecular weight is 513 g/mol. The fourth-order valence-corrected chi connectivity index (χ4v) is 4.68. The first kappa shape index (κ1) is 24.1. The first-order valence-corrected chi connectivity index (χ1v) is 12.2. The number of halogens is 2. The highest BCUT2D eigenvalue weighted by molar-refractivity contribution is 7.99. The van der Waals surface area contributed by atoms with Gasteiger partial charge in [-0.05, 0) is 61.4 Å². The minimum absolute atomic E-state index is 0.139. The topological polar surface area (TPSA) is 69.0 Å². The van der Waals surface area contributed by atoms with E-state index >= 15 is 0 Å². The lowest BCUT2D eigenvalue weighted by atomic mass is 10.1. The number of benzene rings is 3. The second-order valence-electron chi connectivity index (χ2n) is 7.52. The van der Waals surface area contributed by atoms with Crippen LogP contribution in [-0.2, 0) is 4.79 Å². The Morgan fingerprint density at radius 1 is 1.06 bits per heavy atom. The molecule has 34 heavy (non-hydrogen) atoms. The summed E-state index contributed by atoms with van der Waals surface area (Å²) in [5, 5.41) is 13.2. The van der Waals surface area contributed by atoms with E-state index in [0.29, 0.717) is 32.3 Å². The molecule has 174 valence electrons.